The van der Waals surface area contributed by atoms with Gasteiger partial charge in [-0.1, -0.05) is 12.1 Å². The minimum atomic E-state index is -0.391. The third-order valence-corrected chi connectivity index (χ3v) is 4.98. The molecule has 26 heavy (non-hydrogen) atoms. The maximum atomic E-state index is 13.0. The first-order chi connectivity index (χ1) is 12.4. The number of rotatable bonds is 7. The largest absolute Gasteiger partial charge is 0.414 e. The van der Waals surface area contributed by atoms with Gasteiger partial charge in [-0.15, -0.1) is 11.8 Å². The van der Waals surface area contributed by atoms with Crippen LogP contribution in [-0.2, 0) is 0 Å². The van der Waals surface area contributed by atoms with E-state index in [9.17, 15) is 9.18 Å². The lowest BCUT2D eigenvalue weighted by atomic mass is 10.0. The van der Waals surface area contributed by atoms with Crippen molar-refractivity contribution in [2.24, 2.45) is 0 Å². The molecule has 1 amide bonds. The molecule has 0 aromatic heterocycles. The number of ether oxygens (including phenoxy) is 1. The van der Waals surface area contributed by atoms with Crippen LogP contribution in [0.1, 0.15) is 18.0 Å². The van der Waals surface area contributed by atoms with Gasteiger partial charge in [-0.2, -0.15) is 0 Å². The summed E-state index contributed by atoms with van der Waals surface area (Å²) in [6.45, 7) is 0. The average Bonchev–Trinajstić information content (AvgIpc) is 2.61. The SMILES string of the molecule is CN(C)C(=O)Oc1ccc(C(CCSc2ccc(F)cc2)N(C)C)cc1. The molecule has 2 rings (SSSR count). The summed E-state index contributed by atoms with van der Waals surface area (Å²) in [6, 6.07) is 14.5. The maximum Gasteiger partial charge on any atom is 0.414 e. The molecule has 2 aromatic rings. The molecule has 6 heteroatoms. The average molecular weight is 376 g/mol. The lowest BCUT2D eigenvalue weighted by Gasteiger charge is -2.25. The molecular formula is C20H25FN2O2S. The number of hydrogen-bond donors (Lipinski definition) is 0. The first-order valence-electron chi connectivity index (χ1n) is 8.40. The number of halogens is 1. The smallest absolute Gasteiger partial charge is 0.410 e. The second-order valence-corrected chi connectivity index (χ2v) is 7.57. The fourth-order valence-electron chi connectivity index (χ4n) is 2.49. The highest BCUT2D eigenvalue weighted by atomic mass is 32.2. The molecular weight excluding hydrogens is 351 g/mol. The van der Waals surface area contributed by atoms with Gasteiger partial charge in [0, 0.05) is 25.0 Å². The Kier molecular flexibility index (Phi) is 7.48. The van der Waals surface area contributed by atoms with Crippen LogP contribution in [0.5, 0.6) is 5.75 Å². The number of benzene rings is 2. The van der Waals surface area contributed by atoms with Gasteiger partial charge in [-0.25, -0.2) is 9.18 Å². The van der Waals surface area contributed by atoms with Crippen molar-refractivity contribution in [2.75, 3.05) is 33.9 Å². The predicted octanol–water partition coefficient (Wildman–Crippen LogP) is 4.67. The van der Waals surface area contributed by atoms with Gasteiger partial charge >= 0.3 is 6.09 Å². The molecule has 0 saturated heterocycles. The molecule has 0 spiro atoms. The summed E-state index contributed by atoms with van der Waals surface area (Å²) in [5.74, 6) is 1.24. The van der Waals surface area contributed by atoms with Crippen LogP contribution in [0.15, 0.2) is 53.4 Å². The van der Waals surface area contributed by atoms with Crippen molar-refractivity contribution >= 4 is 17.9 Å². The first-order valence-corrected chi connectivity index (χ1v) is 9.39. The van der Waals surface area contributed by atoms with E-state index in [0.29, 0.717) is 5.75 Å². The molecule has 4 nitrogen and oxygen atoms in total. The standard InChI is InChI=1S/C20H25FN2O2S/c1-22(2)19(13-14-26-18-11-7-16(21)8-12-18)15-5-9-17(10-6-15)25-20(24)23(3)4/h5-12,19H,13-14H2,1-4H3. The van der Waals surface area contributed by atoms with Crippen LogP contribution in [0.25, 0.3) is 0 Å². The molecule has 0 bridgehead atoms. The summed E-state index contributed by atoms with van der Waals surface area (Å²) in [6.07, 6.45) is 0.559. The zero-order valence-electron chi connectivity index (χ0n) is 15.6. The van der Waals surface area contributed by atoms with Gasteiger partial charge in [0.2, 0.25) is 0 Å². The van der Waals surface area contributed by atoms with Crippen LogP contribution in [0.4, 0.5) is 9.18 Å². The fraction of sp³-hybridized carbons (Fsp3) is 0.350. The lowest BCUT2D eigenvalue weighted by Crippen LogP contribution is -2.25. The lowest BCUT2D eigenvalue weighted by molar-refractivity contribution is 0.172. The molecule has 0 aliphatic heterocycles. The Morgan fingerprint density at radius 3 is 2.19 bits per heavy atom. The minimum Gasteiger partial charge on any atom is -0.410 e. The number of thioether (sulfide) groups is 1. The van der Waals surface area contributed by atoms with Crippen LogP contribution in [0.2, 0.25) is 0 Å². The van der Waals surface area contributed by atoms with E-state index >= 15 is 0 Å². The van der Waals surface area contributed by atoms with E-state index in [4.69, 9.17) is 4.74 Å². The quantitative estimate of drug-likeness (QED) is 0.658. The number of amides is 1. The highest BCUT2D eigenvalue weighted by Gasteiger charge is 2.15. The normalized spacial score (nSPS) is 12.1. The van der Waals surface area contributed by atoms with Crippen molar-refractivity contribution in [2.45, 2.75) is 17.4 Å². The Morgan fingerprint density at radius 2 is 1.65 bits per heavy atom. The van der Waals surface area contributed by atoms with Gasteiger partial charge in [-0.05, 0) is 68.2 Å². The van der Waals surface area contributed by atoms with Crippen LogP contribution in [0.3, 0.4) is 0 Å². The Bertz CT molecular complexity index is 703. The molecule has 0 saturated carbocycles. The molecule has 0 radical (unpaired) electrons. The van der Waals surface area contributed by atoms with Crippen molar-refractivity contribution in [1.82, 2.24) is 9.80 Å². The maximum absolute atomic E-state index is 13.0. The van der Waals surface area contributed by atoms with E-state index in [1.54, 1.807) is 38.0 Å². The highest BCUT2D eigenvalue weighted by Crippen LogP contribution is 2.28. The Labute approximate surface area is 158 Å². The summed E-state index contributed by atoms with van der Waals surface area (Å²) < 4.78 is 18.2. The summed E-state index contributed by atoms with van der Waals surface area (Å²) in [5, 5.41) is 0. The Morgan fingerprint density at radius 1 is 1.04 bits per heavy atom. The van der Waals surface area contributed by atoms with E-state index in [2.05, 4.69) is 4.90 Å². The molecule has 0 N–H and O–H groups in total. The molecule has 1 unspecified atom stereocenters. The molecule has 2 aromatic carbocycles. The first kappa shape index (κ1) is 20.3. The van der Waals surface area contributed by atoms with Crippen LogP contribution in [-0.4, -0.2) is 49.8 Å². The summed E-state index contributed by atoms with van der Waals surface area (Å²) >= 11 is 1.72. The van der Waals surface area contributed by atoms with Crippen LogP contribution in [0, 0.1) is 5.82 Å². The van der Waals surface area contributed by atoms with Gasteiger partial charge in [0.05, 0.1) is 0 Å². The van der Waals surface area contributed by atoms with E-state index < -0.39 is 6.09 Å². The molecule has 140 valence electrons. The molecule has 0 aliphatic carbocycles. The molecule has 0 heterocycles. The Balaban J connectivity index is 1.95. The number of nitrogens with zero attached hydrogens (tertiary/aromatic N) is 2. The van der Waals surface area contributed by atoms with Gasteiger partial charge in [0.25, 0.3) is 0 Å². The zero-order valence-corrected chi connectivity index (χ0v) is 16.4. The van der Waals surface area contributed by atoms with Gasteiger partial charge < -0.3 is 14.5 Å². The van der Waals surface area contributed by atoms with E-state index in [-0.39, 0.29) is 11.9 Å². The van der Waals surface area contributed by atoms with Crippen molar-refractivity contribution in [3.63, 3.8) is 0 Å². The van der Waals surface area contributed by atoms with Crippen LogP contribution < -0.4 is 4.74 Å². The molecule has 1 atom stereocenters. The summed E-state index contributed by atoms with van der Waals surface area (Å²) in [4.78, 5) is 16.2. The second kappa shape index (κ2) is 9.59. The van der Waals surface area contributed by atoms with Gasteiger partial charge in [0.1, 0.15) is 11.6 Å². The fourth-order valence-corrected chi connectivity index (χ4v) is 3.40. The third kappa shape index (κ3) is 6.04. The van der Waals surface area contributed by atoms with E-state index in [0.717, 1.165) is 17.1 Å². The number of hydrogen-bond acceptors (Lipinski definition) is 4. The van der Waals surface area contributed by atoms with E-state index in [1.807, 2.05) is 38.4 Å². The highest BCUT2D eigenvalue weighted by molar-refractivity contribution is 7.99. The minimum absolute atomic E-state index is 0.212. The van der Waals surface area contributed by atoms with Gasteiger partial charge in [0.15, 0.2) is 0 Å². The topological polar surface area (TPSA) is 32.8 Å². The van der Waals surface area contributed by atoms with Crippen molar-refractivity contribution in [3.8, 4) is 5.75 Å². The van der Waals surface area contributed by atoms with Crippen LogP contribution >= 0.6 is 11.8 Å². The predicted molar refractivity (Wildman–Crippen MR) is 104 cm³/mol. The van der Waals surface area contributed by atoms with Crippen molar-refractivity contribution in [3.05, 3.63) is 59.9 Å². The summed E-state index contributed by atoms with van der Waals surface area (Å²) in [7, 11) is 7.40. The van der Waals surface area contributed by atoms with Crippen molar-refractivity contribution in [1.29, 1.82) is 0 Å². The Hall–Kier alpha value is -2.05. The van der Waals surface area contributed by atoms with Crippen molar-refractivity contribution < 1.29 is 13.9 Å². The zero-order chi connectivity index (χ0) is 19.1. The second-order valence-electron chi connectivity index (χ2n) is 6.40. The number of carbonyl (C=O) groups excluding carboxylic acids is 1. The monoisotopic (exact) mass is 376 g/mol. The van der Waals surface area contributed by atoms with E-state index in [1.165, 1.54) is 22.6 Å². The third-order valence-electron chi connectivity index (χ3n) is 3.93. The summed E-state index contributed by atoms with van der Waals surface area (Å²) in [5.41, 5.74) is 1.17. The molecule has 0 aliphatic rings. The molecule has 0 fully saturated rings. The number of carbonyl (C=O) groups is 1. The van der Waals surface area contributed by atoms with Gasteiger partial charge in [-0.3, -0.25) is 0 Å².